The fourth-order valence-corrected chi connectivity index (χ4v) is 3.68. The molecule has 0 unspecified atom stereocenters. The predicted octanol–water partition coefficient (Wildman–Crippen LogP) is 6.31. The van der Waals surface area contributed by atoms with E-state index >= 15 is 0 Å². The fraction of sp³-hybridized carbons (Fsp3) is 0.241. The number of hydroxylamine groups is 1. The highest BCUT2D eigenvalue weighted by Gasteiger charge is 2.22. The van der Waals surface area contributed by atoms with Crippen molar-refractivity contribution in [1.29, 1.82) is 0 Å². The van der Waals surface area contributed by atoms with E-state index in [2.05, 4.69) is 36.4 Å². The molecule has 4 aromatic rings. The molecule has 0 aliphatic rings. The molecule has 0 radical (unpaired) electrons. The third kappa shape index (κ3) is 6.79. The number of pyridine rings is 1. The van der Waals surface area contributed by atoms with Crippen LogP contribution in [0.4, 0.5) is 22.0 Å². The second-order valence-corrected chi connectivity index (χ2v) is 9.71. The Kier molecular flexibility index (Phi) is 8.26. The highest BCUT2D eigenvalue weighted by atomic mass is 16.7. The van der Waals surface area contributed by atoms with E-state index in [9.17, 15) is 9.59 Å². The maximum absolute atomic E-state index is 12.9. The maximum atomic E-state index is 12.9. The molecule has 3 amide bonds. The second kappa shape index (κ2) is 11.8. The third-order valence-electron chi connectivity index (χ3n) is 5.76. The van der Waals surface area contributed by atoms with Crippen LogP contribution >= 0.6 is 0 Å². The summed E-state index contributed by atoms with van der Waals surface area (Å²) in [7, 11) is 1.45. The molecule has 2 aromatic carbocycles. The van der Waals surface area contributed by atoms with Gasteiger partial charge in [0.05, 0.1) is 24.2 Å². The molecule has 2 heterocycles. The van der Waals surface area contributed by atoms with Gasteiger partial charge in [0.25, 0.3) is 5.91 Å². The quantitative estimate of drug-likeness (QED) is 0.260. The molecule has 0 spiro atoms. The molecule has 0 saturated heterocycles. The Bertz CT molecular complexity index is 1410. The van der Waals surface area contributed by atoms with Gasteiger partial charge in [0.2, 0.25) is 0 Å². The average Bonchev–Trinajstić information content (AvgIpc) is 3.35. The van der Waals surface area contributed by atoms with E-state index < -0.39 is 6.03 Å². The summed E-state index contributed by atoms with van der Waals surface area (Å²) in [6, 6.07) is 19.2. The zero-order valence-electron chi connectivity index (χ0n) is 22.6. The van der Waals surface area contributed by atoms with Crippen molar-refractivity contribution in [2.45, 2.75) is 39.5 Å². The van der Waals surface area contributed by atoms with Crippen molar-refractivity contribution in [3.63, 3.8) is 0 Å². The number of ether oxygens (including phenoxy) is 1. The predicted molar refractivity (Wildman–Crippen MR) is 150 cm³/mol. The number of carbonyl (C=O) groups is 2. The first-order chi connectivity index (χ1) is 18.7. The van der Waals surface area contributed by atoms with Crippen molar-refractivity contribution < 1.29 is 19.2 Å². The van der Waals surface area contributed by atoms with Crippen molar-refractivity contribution in [1.82, 2.24) is 14.8 Å². The van der Waals surface area contributed by atoms with Crippen molar-refractivity contribution in [3.05, 3.63) is 84.8 Å². The Morgan fingerprint density at radius 2 is 1.56 bits per heavy atom. The second-order valence-electron chi connectivity index (χ2n) is 9.71. The molecule has 0 aliphatic heterocycles. The van der Waals surface area contributed by atoms with Gasteiger partial charge in [0.1, 0.15) is 17.3 Å². The summed E-state index contributed by atoms with van der Waals surface area (Å²) < 4.78 is 7.43. The molecule has 0 atom stereocenters. The molecule has 10 nitrogen and oxygen atoms in total. The zero-order chi connectivity index (χ0) is 28.0. The molecule has 202 valence electrons. The fourth-order valence-electron chi connectivity index (χ4n) is 3.68. The van der Waals surface area contributed by atoms with Crippen LogP contribution in [0.1, 0.15) is 39.8 Å². The SMILES string of the molecule is CCC(=O)N(OC)c1ccc(-n2nc(C(C)(C)C)cc2NC(=O)Nc2ccc(Oc3ccncc3)cc2)cc1. The lowest BCUT2D eigenvalue weighted by Crippen LogP contribution is -2.28. The minimum atomic E-state index is -0.421. The van der Waals surface area contributed by atoms with Crippen molar-refractivity contribution in [3.8, 4) is 17.2 Å². The number of benzene rings is 2. The van der Waals surface area contributed by atoms with Crippen molar-refractivity contribution in [2.75, 3.05) is 22.8 Å². The summed E-state index contributed by atoms with van der Waals surface area (Å²) in [6.07, 6.45) is 3.62. The first kappa shape index (κ1) is 27.3. The van der Waals surface area contributed by atoms with Crippen LogP contribution < -0.4 is 20.4 Å². The standard InChI is InChI=1S/C29H32N6O4/c1-6-27(36)35(38-5)22-11-9-21(10-12-22)34-26(19-25(33-34)29(2,3)4)32-28(37)31-20-7-13-23(14-8-20)39-24-15-17-30-18-16-24/h7-19H,6H2,1-5H3,(H2,31,32,37). The summed E-state index contributed by atoms with van der Waals surface area (Å²) in [5.41, 5.74) is 2.46. The topological polar surface area (TPSA) is 111 Å². The number of rotatable bonds is 8. The Labute approximate surface area is 227 Å². The summed E-state index contributed by atoms with van der Waals surface area (Å²) in [5.74, 6) is 1.65. The van der Waals surface area contributed by atoms with Gasteiger partial charge in [-0.1, -0.05) is 27.7 Å². The normalized spacial score (nSPS) is 11.1. The monoisotopic (exact) mass is 528 g/mol. The van der Waals surface area contributed by atoms with E-state index in [4.69, 9.17) is 14.7 Å². The molecule has 39 heavy (non-hydrogen) atoms. The number of amides is 3. The van der Waals surface area contributed by atoms with E-state index in [-0.39, 0.29) is 11.3 Å². The van der Waals surface area contributed by atoms with Crippen LogP contribution in [0.3, 0.4) is 0 Å². The zero-order valence-corrected chi connectivity index (χ0v) is 22.6. The molecular weight excluding hydrogens is 496 g/mol. The van der Waals surface area contributed by atoms with Crippen LogP contribution in [0.5, 0.6) is 11.5 Å². The van der Waals surface area contributed by atoms with E-state index in [0.29, 0.717) is 40.8 Å². The van der Waals surface area contributed by atoms with E-state index in [1.807, 2.05) is 18.2 Å². The van der Waals surface area contributed by atoms with Crippen molar-refractivity contribution >= 4 is 29.1 Å². The minimum Gasteiger partial charge on any atom is -0.457 e. The molecule has 2 aromatic heterocycles. The number of nitrogens with zero attached hydrogens (tertiary/aromatic N) is 4. The molecule has 4 rings (SSSR count). The lowest BCUT2D eigenvalue weighted by Gasteiger charge is -2.19. The van der Waals surface area contributed by atoms with Gasteiger partial charge in [-0.3, -0.25) is 19.9 Å². The third-order valence-corrected chi connectivity index (χ3v) is 5.76. The summed E-state index contributed by atoms with van der Waals surface area (Å²) >= 11 is 0. The number of anilines is 3. The van der Waals surface area contributed by atoms with Gasteiger partial charge >= 0.3 is 6.03 Å². The average molecular weight is 529 g/mol. The smallest absolute Gasteiger partial charge is 0.324 e. The Morgan fingerprint density at radius 3 is 2.15 bits per heavy atom. The van der Waals surface area contributed by atoms with Gasteiger partial charge in [-0.2, -0.15) is 10.2 Å². The Balaban J connectivity index is 1.51. The van der Waals surface area contributed by atoms with Crippen LogP contribution in [0.15, 0.2) is 79.1 Å². The molecule has 2 N–H and O–H groups in total. The molecular formula is C29H32N6O4. The molecule has 0 saturated carbocycles. The van der Waals surface area contributed by atoms with Crippen LogP contribution in [-0.2, 0) is 15.0 Å². The van der Waals surface area contributed by atoms with Gasteiger partial charge in [0, 0.05) is 36.0 Å². The van der Waals surface area contributed by atoms with E-state index in [0.717, 1.165) is 5.69 Å². The van der Waals surface area contributed by atoms with Crippen molar-refractivity contribution in [2.24, 2.45) is 0 Å². The van der Waals surface area contributed by atoms with Crippen LogP contribution in [0.2, 0.25) is 0 Å². The number of hydrogen-bond acceptors (Lipinski definition) is 6. The van der Waals surface area contributed by atoms with Crippen LogP contribution in [0.25, 0.3) is 5.69 Å². The Morgan fingerprint density at radius 1 is 0.923 bits per heavy atom. The van der Waals surface area contributed by atoms with Gasteiger partial charge in [-0.05, 0) is 60.7 Å². The number of urea groups is 1. The van der Waals surface area contributed by atoms with Crippen LogP contribution in [0, 0.1) is 0 Å². The van der Waals surface area contributed by atoms with Gasteiger partial charge in [0.15, 0.2) is 0 Å². The largest absolute Gasteiger partial charge is 0.457 e. The molecule has 0 aliphatic carbocycles. The van der Waals surface area contributed by atoms with E-state index in [1.54, 1.807) is 72.5 Å². The van der Waals surface area contributed by atoms with Gasteiger partial charge in [-0.25, -0.2) is 9.48 Å². The number of nitrogens with one attached hydrogen (secondary N) is 2. The summed E-state index contributed by atoms with van der Waals surface area (Å²) in [4.78, 5) is 34.3. The minimum absolute atomic E-state index is 0.157. The highest BCUT2D eigenvalue weighted by Crippen LogP contribution is 2.28. The molecule has 0 fully saturated rings. The Hall–Kier alpha value is -4.70. The lowest BCUT2D eigenvalue weighted by molar-refractivity contribution is -0.124. The van der Waals surface area contributed by atoms with Crippen LogP contribution in [-0.4, -0.2) is 33.8 Å². The number of hydrogen-bond donors (Lipinski definition) is 2. The molecule has 0 bridgehead atoms. The number of carbonyl (C=O) groups excluding carboxylic acids is 2. The molecule has 10 heteroatoms. The highest BCUT2D eigenvalue weighted by molar-refractivity contribution is 5.99. The maximum Gasteiger partial charge on any atom is 0.324 e. The number of aromatic nitrogens is 3. The summed E-state index contributed by atoms with van der Waals surface area (Å²) in [5, 5.41) is 11.7. The first-order valence-electron chi connectivity index (χ1n) is 12.5. The lowest BCUT2D eigenvalue weighted by atomic mass is 9.92. The van der Waals surface area contributed by atoms with Gasteiger partial charge < -0.3 is 10.1 Å². The summed E-state index contributed by atoms with van der Waals surface area (Å²) in [6.45, 7) is 7.92. The first-order valence-corrected chi connectivity index (χ1v) is 12.5. The van der Waals surface area contributed by atoms with Gasteiger partial charge in [-0.15, -0.1) is 0 Å². The van der Waals surface area contributed by atoms with E-state index in [1.165, 1.54) is 12.2 Å².